The van der Waals surface area contributed by atoms with Gasteiger partial charge in [-0.05, 0) is 58.7 Å². The Balaban J connectivity index is 1.78. The molecule has 1 aliphatic heterocycles. The van der Waals surface area contributed by atoms with Crippen molar-refractivity contribution in [2.45, 2.75) is 26.2 Å². The molecule has 7 nitrogen and oxygen atoms in total. The number of rotatable bonds is 8. The molecule has 0 N–H and O–H groups in total. The molecule has 2 amide bonds. The van der Waals surface area contributed by atoms with Crippen molar-refractivity contribution < 1.29 is 9.59 Å². The van der Waals surface area contributed by atoms with Crippen LogP contribution in [0.4, 0.5) is 17.1 Å². The van der Waals surface area contributed by atoms with Gasteiger partial charge in [-0.15, -0.1) is 5.11 Å². The molecule has 2 aromatic carbocycles. The first-order valence-corrected chi connectivity index (χ1v) is 10.5. The van der Waals surface area contributed by atoms with E-state index < -0.39 is 0 Å². The highest BCUT2D eigenvalue weighted by Crippen LogP contribution is 2.35. The van der Waals surface area contributed by atoms with Crippen molar-refractivity contribution in [3.05, 3.63) is 52.0 Å². The summed E-state index contributed by atoms with van der Waals surface area (Å²) < 4.78 is 0.608. The fourth-order valence-corrected chi connectivity index (χ4v) is 3.55. The standard InChI is InChI=1S/C22H22BrN5O2/c1-3-4-12-28-21(29)17-13-19(23)20(14-18(17)22(28)30)26-25-15-6-8-16(9-7-15)27(2)11-5-10-24/h6-9,13-14H,3-5,11-12H2,1-2H3. The predicted molar refractivity (Wildman–Crippen MR) is 119 cm³/mol. The van der Waals surface area contributed by atoms with Gasteiger partial charge in [0.1, 0.15) is 5.69 Å². The van der Waals surface area contributed by atoms with Gasteiger partial charge in [-0.3, -0.25) is 14.5 Å². The van der Waals surface area contributed by atoms with E-state index in [9.17, 15) is 9.59 Å². The lowest BCUT2D eigenvalue weighted by Crippen LogP contribution is -2.30. The van der Waals surface area contributed by atoms with E-state index in [2.05, 4.69) is 32.2 Å². The van der Waals surface area contributed by atoms with Gasteiger partial charge in [-0.25, -0.2) is 0 Å². The number of imide groups is 1. The number of unbranched alkanes of at least 4 members (excludes halogenated alkanes) is 1. The molecule has 0 atom stereocenters. The van der Waals surface area contributed by atoms with E-state index in [-0.39, 0.29) is 11.8 Å². The quantitative estimate of drug-likeness (QED) is 0.372. The number of nitrogens with zero attached hydrogens (tertiary/aromatic N) is 5. The molecular weight excluding hydrogens is 446 g/mol. The van der Waals surface area contributed by atoms with Gasteiger partial charge in [0.25, 0.3) is 11.8 Å². The van der Waals surface area contributed by atoms with Crippen LogP contribution in [0.15, 0.2) is 51.1 Å². The van der Waals surface area contributed by atoms with E-state index in [1.54, 1.807) is 12.1 Å². The Kier molecular flexibility index (Phi) is 6.95. The van der Waals surface area contributed by atoms with E-state index in [0.29, 0.717) is 46.5 Å². The van der Waals surface area contributed by atoms with Crippen LogP contribution < -0.4 is 4.90 Å². The molecule has 154 valence electrons. The zero-order valence-electron chi connectivity index (χ0n) is 16.9. The summed E-state index contributed by atoms with van der Waals surface area (Å²) in [6, 6.07) is 12.9. The normalized spacial score (nSPS) is 13.1. The summed E-state index contributed by atoms with van der Waals surface area (Å²) in [6.45, 7) is 3.10. The summed E-state index contributed by atoms with van der Waals surface area (Å²) in [7, 11) is 1.93. The van der Waals surface area contributed by atoms with Crippen LogP contribution in [-0.2, 0) is 0 Å². The Morgan fingerprint density at radius 1 is 1.10 bits per heavy atom. The summed E-state index contributed by atoms with van der Waals surface area (Å²) in [6.07, 6.45) is 2.14. The van der Waals surface area contributed by atoms with Gasteiger partial charge in [0.2, 0.25) is 0 Å². The molecule has 1 heterocycles. The van der Waals surface area contributed by atoms with Crippen molar-refractivity contribution in [2.75, 3.05) is 25.0 Å². The number of carbonyl (C=O) groups is 2. The van der Waals surface area contributed by atoms with Crippen LogP contribution in [0.1, 0.15) is 46.9 Å². The number of halogens is 1. The van der Waals surface area contributed by atoms with Gasteiger partial charge in [-0.2, -0.15) is 10.4 Å². The highest BCUT2D eigenvalue weighted by Gasteiger charge is 2.35. The number of benzene rings is 2. The zero-order valence-corrected chi connectivity index (χ0v) is 18.5. The van der Waals surface area contributed by atoms with Crippen molar-refractivity contribution >= 4 is 44.8 Å². The fraction of sp³-hybridized carbons (Fsp3) is 0.318. The van der Waals surface area contributed by atoms with Crippen molar-refractivity contribution in [3.63, 3.8) is 0 Å². The van der Waals surface area contributed by atoms with E-state index in [4.69, 9.17) is 5.26 Å². The molecule has 0 spiro atoms. The average molecular weight is 468 g/mol. The Hall–Kier alpha value is -3.05. The molecule has 0 unspecified atom stereocenters. The molecule has 0 fully saturated rings. The Morgan fingerprint density at radius 2 is 1.77 bits per heavy atom. The third kappa shape index (κ3) is 4.57. The summed E-state index contributed by atoms with van der Waals surface area (Å²) in [5.41, 5.74) is 2.89. The van der Waals surface area contributed by atoms with Gasteiger partial charge in [0.05, 0.1) is 29.3 Å². The van der Waals surface area contributed by atoms with E-state index >= 15 is 0 Å². The van der Waals surface area contributed by atoms with Crippen LogP contribution in [0.5, 0.6) is 0 Å². The van der Waals surface area contributed by atoms with Crippen LogP contribution in [0.3, 0.4) is 0 Å². The summed E-state index contributed by atoms with van der Waals surface area (Å²) in [5, 5.41) is 17.2. The molecule has 0 saturated heterocycles. The first-order valence-electron chi connectivity index (χ1n) is 9.76. The zero-order chi connectivity index (χ0) is 21.7. The Morgan fingerprint density at radius 3 is 2.40 bits per heavy atom. The third-order valence-electron chi connectivity index (χ3n) is 4.90. The molecule has 3 rings (SSSR count). The molecule has 1 aliphatic rings. The minimum Gasteiger partial charge on any atom is -0.374 e. The second-order valence-electron chi connectivity index (χ2n) is 7.01. The molecular formula is C22H22BrN5O2. The predicted octanol–water partition coefficient (Wildman–Crippen LogP) is 5.61. The van der Waals surface area contributed by atoms with Gasteiger partial charge >= 0.3 is 0 Å². The van der Waals surface area contributed by atoms with Gasteiger partial charge in [0, 0.05) is 30.3 Å². The lowest BCUT2D eigenvalue weighted by Gasteiger charge is -2.17. The molecule has 8 heteroatoms. The van der Waals surface area contributed by atoms with Crippen LogP contribution >= 0.6 is 15.9 Å². The molecule has 0 aromatic heterocycles. The van der Waals surface area contributed by atoms with Crippen LogP contribution in [-0.4, -0.2) is 36.9 Å². The lowest BCUT2D eigenvalue weighted by molar-refractivity contribution is 0.0652. The van der Waals surface area contributed by atoms with Crippen molar-refractivity contribution in [1.82, 2.24) is 4.90 Å². The molecule has 2 aromatic rings. The maximum Gasteiger partial charge on any atom is 0.261 e. The van der Waals surface area contributed by atoms with Gasteiger partial charge in [-0.1, -0.05) is 13.3 Å². The Bertz CT molecular complexity index is 1030. The van der Waals surface area contributed by atoms with Crippen LogP contribution in [0.2, 0.25) is 0 Å². The van der Waals surface area contributed by atoms with Crippen molar-refractivity contribution in [2.24, 2.45) is 10.2 Å². The highest BCUT2D eigenvalue weighted by molar-refractivity contribution is 9.10. The Labute approximate surface area is 184 Å². The number of nitriles is 1. The maximum absolute atomic E-state index is 12.6. The number of carbonyl (C=O) groups excluding carboxylic acids is 2. The summed E-state index contributed by atoms with van der Waals surface area (Å²) in [4.78, 5) is 28.4. The van der Waals surface area contributed by atoms with Crippen LogP contribution in [0, 0.1) is 11.3 Å². The van der Waals surface area contributed by atoms with E-state index in [1.807, 2.05) is 43.1 Å². The SMILES string of the molecule is CCCCN1C(=O)c2cc(Br)c(N=Nc3ccc(N(C)CCC#N)cc3)cc2C1=O. The minimum absolute atomic E-state index is 0.260. The topological polar surface area (TPSA) is 89.1 Å². The number of hydrogen-bond donors (Lipinski definition) is 0. The molecule has 0 radical (unpaired) electrons. The number of azo groups is 1. The smallest absolute Gasteiger partial charge is 0.261 e. The monoisotopic (exact) mass is 467 g/mol. The molecule has 0 bridgehead atoms. The number of fused-ring (bicyclic) bond motifs is 1. The first kappa shape index (κ1) is 21.7. The van der Waals surface area contributed by atoms with Gasteiger partial charge in [0.15, 0.2) is 0 Å². The summed E-state index contributed by atoms with van der Waals surface area (Å²) >= 11 is 3.43. The van der Waals surface area contributed by atoms with Crippen molar-refractivity contribution in [1.29, 1.82) is 5.26 Å². The molecule has 30 heavy (non-hydrogen) atoms. The second-order valence-corrected chi connectivity index (χ2v) is 7.87. The summed E-state index contributed by atoms with van der Waals surface area (Å²) in [5.74, 6) is -0.541. The fourth-order valence-electron chi connectivity index (χ4n) is 3.13. The van der Waals surface area contributed by atoms with Gasteiger partial charge < -0.3 is 4.90 Å². The second kappa shape index (κ2) is 9.63. The largest absolute Gasteiger partial charge is 0.374 e. The van der Waals surface area contributed by atoms with E-state index in [0.717, 1.165) is 18.5 Å². The minimum atomic E-state index is -0.280. The average Bonchev–Trinajstić information content (AvgIpc) is 2.98. The van der Waals surface area contributed by atoms with Crippen LogP contribution in [0.25, 0.3) is 0 Å². The lowest BCUT2D eigenvalue weighted by atomic mass is 10.1. The highest BCUT2D eigenvalue weighted by atomic mass is 79.9. The van der Waals surface area contributed by atoms with Crippen molar-refractivity contribution in [3.8, 4) is 6.07 Å². The van der Waals surface area contributed by atoms with E-state index in [1.165, 1.54) is 4.90 Å². The number of hydrogen-bond acceptors (Lipinski definition) is 6. The first-order chi connectivity index (χ1) is 14.5. The maximum atomic E-state index is 12.6. The molecule has 0 saturated carbocycles. The molecule has 0 aliphatic carbocycles. The third-order valence-corrected chi connectivity index (χ3v) is 5.53. The number of amides is 2. The number of anilines is 1.